The lowest BCUT2D eigenvalue weighted by Crippen LogP contribution is -2.12. The summed E-state index contributed by atoms with van der Waals surface area (Å²) in [7, 11) is 0. The van der Waals surface area contributed by atoms with Gasteiger partial charge in [0.15, 0.2) is 11.4 Å². The van der Waals surface area contributed by atoms with Crippen molar-refractivity contribution in [3.63, 3.8) is 0 Å². The number of aromatic carboxylic acids is 1. The van der Waals surface area contributed by atoms with Crippen molar-refractivity contribution in [1.82, 2.24) is 5.32 Å². The molecule has 0 spiro atoms. The van der Waals surface area contributed by atoms with Crippen LogP contribution in [0.4, 0.5) is 5.69 Å². The SMILES string of the molecule is CSC(=Nc1ccc(C(=O)O)c(Cl)c1Cl)NC#N. The van der Waals surface area contributed by atoms with Crippen LogP contribution in [-0.2, 0) is 0 Å². The summed E-state index contributed by atoms with van der Waals surface area (Å²) in [6.45, 7) is 0. The summed E-state index contributed by atoms with van der Waals surface area (Å²) < 4.78 is 0. The van der Waals surface area contributed by atoms with Crippen LogP contribution in [0, 0.1) is 11.5 Å². The molecule has 94 valence electrons. The van der Waals surface area contributed by atoms with Crippen molar-refractivity contribution in [3.05, 3.63) is 27.7 Å². The van der Waals surface area contributed by atoms with Gasteiger partial charge in [-0.1, -0.05) is 35.0 Å². The molecule has 0 bridgehead atoms. The zero-order valence-corrected chi connectivity index (χ0v) is 11.4. The Morgan fingerprint density at radius 2 is 2.17 bits per heavy atom. The van der Waals surface area contributed by atoms with E-state index in [0.717, 1.165) is 0 Å². The lowest BCUT2D eigenvalue weighted by Gasteiger charge is -2.05. The van der Waals surface area contributed by atoms with Crippen LogP contribution in [0.2, 0.25) is 10.0 Å². The van der Waals surface area contributed by atoms with Gasteiger partial charge in [0.25, 0.3) is 0 Å². The number of carboxylic acid groups (broad SMARTS) is 1. The van der Waals surface area contributed by atoms with Crippen LogP contribution in [-0.4, -0.2) is 22.5 Å². The summed E-state index contributed by atoms with van der Waals surface area (Å²) in [6.07, 6.45) is 3.46. The number of amidine groups is 1. The normalized spacial score (nSPS) is 10.9. The van der Waals surface area contributed by atoms with Crippen LogP contribution in [0.5, 0.6) is 0 Å². The molecule has 0 amide bonds. The number of hydrogen-bond donors (Lipinski definition) is 2. The monoisotopic (exact) mass is 303 g/mol. The van der Waals surface area contributed by atoms with Crippen molar-refractivity contribution in [2.24, 2.45) is 4.99 Å². The second-order valence-electron chi connectivity index (χ2n) is 2.92. The van der Waals surface area contributed by atoms with E-state index in [9.17, 15) is 4.79 Å². The van der Waals surface area contributed by atoms with E-state index in [2.05, 4.69) is 10.3 Å². The molecular formula is C10H7Cl2N3O2S. The standard InChI is InChI=1S/C10H7Cl2N3O2S/c1-18-10(14-4-13)15-6-3-2-5(9(16)17)7(11)8(6)12/h2-3H,1H3,(H,14,15)(H,16,17). The minimum atomic E-state index is -1.17. The number of nitrogens with one attached hydrogen (secondary N) is 1. The number of aliphatic imine (C=N–C) groups is 1. The average molecular weight is 304 g/mol. The second kappa shape index (κ2) is 6.50. The Hall–Kier alpha value is -1.42. The molecule has 8 heteroatoms. The predicted octanol–water partition coefficient (Wildman–Crippen LogP) is 3.11. The fourth-order valence-electron chi connectivity index (χ4n) is 1.07. The number of rotatable bonds is 2. The van der Waals surface area contributed by atoms with Crippen molar-refractivity contribution < 1.29 is 9.90 Å². The van der Waals surface area contributed by atoms with E-state index >= 15 is 0 Å². The topological polar surface area (TPSA) is 85.5 Å². The first kappa shape index (κ1) is 14.6. The average Bonchev–Trinajstić information content (AvgIpc) is 2.33. The van der Waals surface area contributed by atoms with Crippen molar-refractivity contribution >= 4 is 51.8 Å². The molecule has 2 N–H and O–H groups in total. The zero-order valence-electron chi connectivity index (χ0n) is 9.07. The van der Waals surface area contributed by atoms with E-state index in [4.69, 9.17) is 33.6 Å². The van der Waals surface area contributed by atoms with E-state index in [1.165, 1.54) is 23.9 Å². The highest BCUT2D eigenvalue weighted by Crippen LogP contribution is 2.35. The van der Waals surface area contributed by atoms with Gasteiger partial charge in [-0.2, -0.15) is 5.26 Å². The maximum absolute atomic E-state index is 10.8. The number of halogens is 2. The van der Waals surface area contributed by atoms with Crippen LogP contribution in [0.25, 0.3) is 0 Å². The van der Waals surface area contributed by atoms with Gasteiger partial charge < -0.3 is 5.11 Å². The number of benzene rings is 1. The summed E-state index contributed by atoms with van der Waals surface area (Å²) in [5.41, 5.74) is 0.193. The van der Waals surface area contributed by atoms with Gasteiger partial charge in [-0.15, -0.1) is 0 Å². The number of carbonyl (C=O) groups is 1. The molecule has 0 heterocycles. The van der Waals surface area contributed by atoms with Gasteiger partial charge in [0.1, 0.15) is 0 Å². The Morgan fingerprint density at radius 3 is 2.67 bits per heavy atom. The first-order valence-electron chi connectivity index (χ1n) is 4.50. The zero-order chi connectivity index (χ0) is 13.7. The van der Waals surface area contributed by atoms with E-state index in [0.29, 0.717) is 10.9 Å². The van der Waals surface area contributed by atoms with Crippen molar-refractivity contribution in [2.75, 3.05) is 6.26 Å². The molecule has 1 aromatic rings. The van der Waals surface area contributed by atoms with Crippen molar-refractivity contribution in [1.29, 1.82) is 5.26 Å². The van der Waals surface area contributed by atoms with Crippen LogP contribution in [0.15, 0.2) is 17.1 Å². The summed E-state index contributed by atoms with van der Waals surface area (Å²) in [5.74, 6) is -1.17. The van der Waals surface area contributed by atoms with Gasteiger partial charge in [0.05, 0.1) is 21.3 Å². The fraction of sp³-hybridized carbons (Fsp3) is 0.100. The highest BCUT2D eigenvalue weighted by molar-refractivity contribution is 8.13. The lowest BCUT2D eigenvalue weighted by molar-refractivity contribution is 0.0697. The molecular weight excluding hydrogens is 297 g/mol. The highest BCUT2D eigenvalue weighted by Gasteiger charge is 2.15. The molecule has 0 aromatic heterocycles. The Bertz CT molecular complexity index is 555. The molecule has 0 saturated carbocycles. The molecule has 0 unspecified atom stereocenters. The van der Waals surface area contributed by atoms with Gasteiger partial charge in [-0.3, -0.25) is 5.32 Å². The number of nitrogens with zero attached hydrogens (tertiary/aromatic N) is 2. The fourth-order valence-corrected chi connectivity index (χ4v) is 1.86. The van der Waals surface area contributed by atoms with Gasteiger partial charge in [-0.25, -0.2) is 9.79 Å². The van der Waals surface area contributed by atoms with Gasteiger partial charge in [0, 0.05) is 0 Å². The van der Waals surface area contributed by atoms with Gasteiger partial charge in [-0.05, 0) is 18.4 Å². The molecule has 0 aliphatic heterocycles. The van der Waals surface area contributed by atoms with Crippen LogP contribution in [0.1, 0.15) is 10.4 Å². The third-order valence-electron chi connectivity index (χ3n) is 1.87. The maximum Gasteiger partial charge on any atom is 0.337 e. The third kappa shape index (κ3) is 3.29. The Labute approximate surface area is 117 Å². The molecule has 0 saturated heterocycles. The van der Waals surface area contributed by atoms with Crippen LogP contribution in [0.3, 0.4) is 0 Å². The highest BCUT2D eigenvalue weighted by atomic mass is 35.5. The number of thioether (sulfide) groups is 1. The summed E-state index contributed by atoms with van der Waals surface area (Å²) >= 11 is 13.0. The van der Waals surface area contributed by atoms with E-state index in [-0.39, 0.29) is 15.6 Å². The molecule has 0 fully saturated rings. The number of hydrogen-bond acceptors (Lipinski definition) is 4. The predicted molar refractivity (Wildman–Crippen MR) is 72.8 cm³/mol. The Morgan fingerprint density at radius 1 is 1.50 bits per heavy atom. The molecule has 0 atom stereocenters. The molecule has 0 radical (unpaired) electrons. The quantitative estimate of drug-likeness (QED) is 0.379. The van der Waals surface area contributed by atoms with E-state index in [1.807, 2.05) is 0 Å². The summed E-state index contributed by atoms with van der Waals surface area (Å²) in [6, 6.07) is 2.73. The molecule has 18 heavy (non-hydrogen) atoms. The Balaban J connectivity index is 3.25. The molecule has 5 nitrogen and oxygen atoms in total. The minimum Gasteiger partial charge on any atom is -0.478 e. The van der Waals surface area contributed by atoms with E-state index in [1.54, 1.807) is 12.4 Å². The molecule has 1 rings (SSSR count). The first-order chi connectivity index (χ1) is 8.51. The molecule has 0 aliphatic rings. The number of nitriles is 1. The maximum atomic E-state index is 10.8. The first-order valence-corrected chi connectivity index (χ1v) is 6.48. The molecule has 1 aromatic carbocycles. The third-order valence-corrected chi connectivity index (χ3v) is 3.32. The van der Waals surface area contributed by atoms with Gasteiger partial charge in [0.2, 0.25) is 0 Å². The smallest absolute Gasteiger partial charge is 0.337 e. The summed E-state index contributed by atoms with van der Waals surface area (Å²) in [4.78, 5) is 14.9. The van der Waals surface area contributed by atoms with Crippen LogP contribution >= 0.6 is 35.0 Å². The largest absolute Gasteiger partial charge is 0.478 e. The summed E-state index contributed by atoms with van der Waals surface area (Å²) in [5, 5.41) is 20.0. The second-order valence-corrected chi connectivity index (χ2v) is 4.47. The van der Waals surface area contributed by atoms with E-state index < -0.39 is 5.97 Å². The van der Waals surface area contributed by atoms with Gasteiger partial charge >= 0.3 is 5.97 Å². The number of carboxylic acids is 1. The Kier molecular flexibility index (Phi) is 5.28. The van der Waals surface area contributed by atoms with Crippen molar-refractivity contribution in [3.8, 4) is 6.19 Å². The van der Waals surface area contributed by atoms with Crippen molar-refractivity contribution in [2.45, 2.75) is 0 Å². The minimum absolute atomic E-state index is 0.0304. The lowest BCUT2D eigenvalue weighted by atomic mass is 10.2. The molecule has 0 aliphatic carbocycles. The van der Waals surface area contributed by atoms with Crippen LogP contribution < -0.4 is 5.32 Å².